The summed E-state index contributed by atoms with van der Waals surface area (Å²) in [5, 5.41) is 9.53. The SMILES string of the molecule is O=C(Nc1cnn(Cc2cccc(F)c2)c1)c1cc(COc2cccc(Cl)c2)cs1. The van der Waals surface area contributed by atoms with Crippen LogP contribution < -0.4 is 10.1 Å². The lowest BCUT2D eigenvalue weighted by atomic mass is 10.2. The van der Waals surface area contributed by atoms with Crippen LogP contribution in [0.4, 0.5) is 10.1 Å². The van der Waals surface area contributed by atoms with Crippen LogP contribution in [-0.2, 0) is 13.2 Å². The highest BCUT2D eigenvalue weighted by atomic mass is 35.5. The number of thiophene rings is 1. The van der Waals surface area contributed by atoms with Crippen molar-refractivity contribution in [3.05, 3.63) is 99.2 Å². The molecule has 0 aliphatic rings. The number of nitrogens with zero attached hydrogens (tertiary/aromatic N) is 2. The van der Waals surface area contributed by atoms with Crippen LogP contribution in [0.15, 0.2) is 72.4 Å². The maximum absolute atomic E-state index is 13.3. The first kappa shape index (κ1) is 20.1. The van der Waals surface area contributed by atoms with Crippen LogP contribution in [0.1, 0.15) is 20.8 Å². The number of halogens is 2. The molecule has 5 nitrogen and oxygen atoms in total. The molecule has 4 rings (SSSR count). The number of aromatic nitrogens is 2. The van der Waals surface area contributed by atoms with Crippen LogP contribution in [0.25, 0.3) is 0 Å². The number of ether oxygens (including phenoxy) is 1. The summed E-state index contributed by atoms with van der Waals surface area (Å²) in [7, 11) is 0. The Labute approximate surface area is 181 Å². The van der Waals surface area contributed by atoms with Gasteiger partial charge in [-0.2, -0.15) is 5.10 Å². The Kier molecular flexibility index (Phi) is 6.11. The van der Waals surface area contributed by atoms with E-state index in [1.54, 1.807) is 41.3 Å². The summed E-state index contributed by atoms with van der Waals surface area (Å²) in [6.07, 6.45) is 3.27. The van der Waals surface area contributed by atoms with Crippen molar-refractivity contribution >= 4 is 34.5 Å². The Morgan fingerprint density at radius 1 is 1.17 bits per heavy atom. The number of carbonyl (C=O) groups excluding carboxylic acids is 1. The minimum absolute atomic E-state index is 0.223. The monoisotopic (exact) mass is 441 g/mol. The molecule has 2 aromatic carbocycles. The predicted octanol–water partition coefficient (Wildman–Crippen LogP) is 5.62. The third-order valence-electron chi connectivity index (χ3n) is 4.20. The van der Waals surface area contributed by atoms with Gasteiger partial charge in [0, 0.05) is 16.8 Å². The topological polar surface area (TPSA) is 56.2 Å². The molecule has 8 heteroatoms. The molecule has 0 saturated carbocycles. The van der Waals surface area contributed by atoms with Crippen LogP contribution in [0.3, 0.4) is 0 Å². The van der Waals surface area contributed by atoms with Crippen LogP contribution in [0.5, 0.6) is 5.75 Å². The first-order valence-electron chi connectivity index (χ1n) is 9.09. The molecule has 152 valence electrons. The van der Waals surface area contributed by atoms with Gasteiger partial charge in [0.25, 0.3) is 5.91 Å². The normalized spacial score (nSPS) is 10.7. The van der Waals surface area contributed by atoms with Crippen LogP contribution in [-0.4, -0.2) is 15.7 Å². The second-order valence-corrected chi connectivity index (χ2v) is 7.92. The predicted molar refractivity (Wildman–Crippen MR) is 116 cm³/mol. The maximum Gasteiger partial charge on any atom is 0.265 e. The molecule has 4 aromatic rings. The Bertz CT molecular complexity index is 1170. The van der Waals surface area contributed by atoms with E-state index < -0.39 is 0 Å². The van der Waals surface area contributed by atoms with Crippen molar-refractivity contribution in [1.82, 2.24) is 9.78 Å². The minimum atomic E-state index is -0.291. The van der Waals surface area contributed by atoms with E-state index in [4.69, 9.17) is 16.3 Å². The zero-order chi connectivity index (χ0) is 20.9. The van der Waals surface area contributed by atoms with Crippen LogP contribution >= 0.6 is 22.9 Å². The highest BCUT2D eigenvalue weighted by Crippen LogP contribution is 2.21. The lowest BCUT2D eigenvalue weighted by Gasteiger charge is -2.04. The van der Waals surface area contributed by atoms with Crippen molar-refractivity contribution in [1.29, 1.82) is 0 Å². The molecule has 0 fully saturated rings. The van der Waals surface area contributed by atoms with Gasteiger partial charge in [-0.3, -0.25) is 9.48 Å². The Morgan fingerprint density at radius 3 is 2.87 bits per heavy atom. The Morgan fingerprint density at radius 2 is 2.03 bits per heavy atom. The zero-order valence-corrected chi connectivity index (χ0v) is 17.3. The van der Waals surface area contributed by atoms with E-state index in [1.165, 1.54) is 23.5 Å². The second kappa shape index (κ2) is 9.11. The molecule has 2 aromatic heterocycles. The van der Waals surface area contributed by atoms with E-state index in [2.05, 4.69) is 10.4 Å². The summed E-state index contributed by atoms with van der Waals surface area (Å²) >= 11 is 7.29. The molecule has 1 N–H and O–H groups in total. The van der Waals surface area contributed by atoms with E-state index in [9.17, 15) is 9.18 Å². The Hall–Kier alpha value is -3.16. The third-order valence-corrected chi connectivity index (χ3v) is 5.42. The van der Waals surface area contributed by atoms with Gasteiger partial charge >= 0.3 is 0 Å². The Balaban J connectivity index is 1.34. The van der Waals surface area contributed by atoms with Gasteiger partial charge in [0.2, 0.25) is 0 Å². The number of hydrogen-bond acceptors (Lipinski definition) is 4. The quantitative estimate of drug-likeness (QED) is 0.405. The van der Waals surface area contributed by atoms with Gasteiger partial charge in [0.15, 0.2) is 0 Å². The first-order chi connectivity index (χ1) is 14.5. The average Bonchev–Trinajstić information content (AvgIpc) is 3.36. The van der Waals surface area contributed by atoms with Crippen molar-refractivity contribution in [2.45, 2.75) is 13.2 Å². The number of carbonyl (C=O) groups is 1. The molecule has 0 aliphatic carbocycles. The highest BCUT2D eigenvalue weighted by molar-refractivity contribution is 7.12. The largest absolute Gasteiger partial charge is 0.489 e. The number of benzene rings is 2. The summed E-state index contributed by atoms with van der Waals surface area (Å²) in [6, 6.07) is 15.3. The second-order valence-electron chi connectivity index (χ2n) is 6.58. The summed E-state index contributed by atoms with van der Waals surface area (Å²) < 4.78 is 20.7. The van der Waals surface area contributed by atoms with Crippen molar-refractivity contribution < 1.29 is 13.9 Å². The van der Waals surface area contributed by atoms with Crippen LogP contribution in [0, 0.1) is 5.82 Å². The molecule has 0 aliphatic heterocycles. The molecule has 0 bridgehead atoms. The highest BCUT2D eigenvalue weighted by Gasteiger charge is 2.11. The zero-order valence-electron chi connectivity index (χ0n) is 15.7. The van der Waals surface area contributed by atoms with Crippen molar-refractivity contribution in [2.75, 3.05) is 5.32 Å². The molecule has 0 atom stereocenters. The van der Waals surface area contributed by atoms with Crippen LogP contribution in [0.2, 0.25) is 5.02 Å². The number of rotatable bonds is 7. The van der Waals surface area contributed by atoms with Gasteiger partial charge in [-0.15, -0.1) is 11.3 Å². The minimum Gasteiger partial charge on any atom is -0.489 e. The van der Waals surface area contributed by atoms with Gasteiger partial charge in [-0.05, 0) is 47.3 Å². The van der Waals surface area contributed by atoms with Gasteiger partial charge in [-0.25, -0.2) is 4.39 Å². The molecule has 2 heterocycles. The van der Waals surface area contributed by atoms with Crippen molar-refractivity contribution in [3.8, 4) is 5.75 Å². The van der Waals surface area contributed by atoms with Gasteiger partial charge < -0.3 is 10.1 Å². The number of hydrogen-bond donors (Lipinski definition) is 1. The van der Waals surface area contributed by atoms with Crippen molar-refractivity contribution in [3.63, 3.8) is 0 Å². The first-order valence-corrected chi connectivity index (χ1v) is 10.3. The smallest absolute Gasteiger partial charge is 0.265 e. The van der Waals surface area contributed by atoms with E-state index in [0.29, 0.717) is 34.5 Å². The van der Waals surface area contributed by atoms with Gasteiger partial charge in [0.05, 0.1) is 23.3 Å². The maximum atomic E-state index is 13.3. The number of anilines is 1. The molecular formula is C22H17ClFN3O2S. The molecular weight excluding hydrogens is 425 g/mol. The molecule has 30 heavy (non-hydrogen) atoms. The molecule has 0 unspecified atom stereocenters. The fraction of sp³-hybridized carbons (Fsp3) is 0.0909. The number of nitrogens with one attached hydrogen (secondary N) is 1. The summed E-state index contributed by atoms with van der Waals surface area (Å²) in [5.74, 6) is 0.158. The van der Waals surface area contributed by atoms with E-state index in [1.807, 2.05) is 23.6 Å². The standard InChI is InChI=1S/C22H17ClFN3O2S/c23-17-4-2-6-20(9-17)29-13-16-8-21(30-14-16)22(28)26-19-10-25-27(12-19)11-15-3-1-5-18(24)7-15/h1-10,12,14H,11,13H2,(H,26,28). The van der Waals surface area contributed by atoms with Gasteiger partial charge in [0.1, 0.15) is 18.2 Å². The van der Waals surface area contributed by atoms with Gasteiger partial charge in [-0.1, -0.05) is 29.8 Å². The average molecular weight is 442 g/mol. The fourth-order valence-corrected chi connectivity index (χ4v) is 3.80. The summed E-state index contributed by atoms with van der Waals surface area (Å²) in [6.45, 7) is 0.757. The lowest BCUT2D eigenvalue weighted by molar-refractivity contribution is 0.103. The summed E-state index contributed by atoms with van der Waals surface area (Å²) in [4.78, 5) is 13.1. The molecule has 1 amide bonds. The van der Waals surface area contributed by atoms with E-state index >= 15 is 0 Å². The third kappa shape index (κ3) is 5.25. The van der Waals surface area contributed by atoms with Crippen molar-refractivity contribution in [2.24, 2.45) is 0 Å². The fourth-order valence-electron chi connectivity index (χ4n) is 2.82. The van der Waals surface area contributed by atoms with E-state index in [0.717, 1.165) is 11.1 Å². The molecule has 0 spiro atoms. The molecule has 0 saturated heterocycles. The molecule has 0 radical (unpaired) electrons. The number of amides is 1. The summed E-state index contributed by atoms with van der Waals surface area (Å²) in [5.41, 5.74) is 2.26. The van der Waals surface area contributed by atoms with E-state index in [-0.39, 0.29) is 11.7 Å². The lowest BCUT2D eigenvalue weighted by Crippen LogP contribution is -2.09.